The Bertz CT molecular complexity index is 1300. The van der Waals surface area contributed by atoms with Crippen molar-refractivity contribution >= 4 is 22.7 Å². The van der Waals surface area contributed by atoms with Gasteiger partial charge in [-0.25, -0.2) is 4.98 Å². The van der Waals surface area contributed by atoms with Crippen molar-refractivity contribution in [2.45, 2.75) is 6.04 Å². The number of fused-ring (bicyclic) bond motifs is 2. The van der Waals surface area contributed by atoms with E-state index in [-0.39, 0.29) is 11.2 Å². The van der Waals surface area contributed by atoms with E-state index >= 15 is 0 Å². The smallest absolute Gasteiger partial charge is 0.296 e. The van der Waals surface area contributed by atoms with Gasteiger partial charge in [-0.2, -0.15) is 0 Å². The molecule has 1 aliphatic heterocycles. The average molecular weight is 384 g/mol. The van der Waals surface area contributed by atoms with Crippen LogP contribution in [0.1, 0.15) is 27.7 Å². The van der Waals surface area contributed by atoms with E-state index in [1.807, 2.05) is 24.3 Å². The molecule has 2 aromatic heterocycles. The lowest BCUT2D eigenvalue weighted by molar-refractivity contribution is 0.0970. The second-order valence-corrected chi connectivity index (χ2v) is 6.71. The van der Waals surface area contributed by atoms with E-state index in [2.05, 4.69) is 4.98 Å². The van der Waals surface area contributed by atoms with Crippen LogP contribution in [0, 0.1) is 0 Å². The molecule has 5 rings (SSSR count). The van der Waals surface area contributed by atoms with Crippen molar-refractivity contribution in [3.63, 3.8) is 0 Å². The summed E-state index contributed by atoms with van der Waals surface area (Å²) in [5.74, 6) is 0.733. The highest BCUT2D eigenvalue weighted by Crippen LogP contribution is 2.41. The number of anilines is 1. The van der Waals surface area contributed by atoms with Gasteiger partial charge in [0.05, 0.1) is 24.1 Å². The van der Waals surface area contributed by atoms with E-state index in [4.69, 9.17) is 9.15 Å². The molecule has 1 atom stereocenters. The topological polar surface area (TPSA) is 72.6 Å². The monoisotopic (exact) mass is 384 g/mol. The van der Waals surface area contributed by atoms with Gasteiger partial charge in [0.25, 0.3) is 5.91 Å². The van der Waals surface area contributed by atoms with Crippen LogP contribution in [0.15, 0.2) is 82.1 Å². The number of pyridine rings is 1. The molecule has 0 unspecified atom stereocenters. The maximum atomic E-state index is 13.4. The predicted molar refractivity (Wildman–Crippen MR) is 108 cm³/mol. The molecule has 0 spiro atoms. The average Bonchev–Trinajstić information content (AvgIpc) is 3.07. The first-order valence-corrected chi connectivity index (χ1v) is 9.13. The zero-order valence-electron chi connectivity index (χ0n) is 15.5. The molecule has 0 radical (unpaired) electrons. The molecule has 0 saturated heterocycles. The molecule has 29 heavy (non-hydrogen) atoms. The van der Waals surface area contributed by atoms with E-state index in [0.29, 0.717) is 28.1 Å². The highest BCUT2D eigenvalue weighted by Gasteiger charge is 2.44. The quantitative estimate of drug-likeness (QED) is 0.535. The third-order valence-corrected chi connectivity index (χ3v) is 5.08. The standard InChI is InChI=1S/C23H16N2O4/c1-28-15-8-6-7-14(13-15)20-19-21(26)16-9-2-3-10-17(16)29-22(19)23(27)25(20)18-11-4-5-12-24-18/h2-13,20H,1H3/t20-/m1/s1. The maximum Gasteiger partial charge on any atom is 0.296 e. The highest BCUT2D eigenvalue weighted by atomic mass is 16.5. The number of hydrogen-bond donors (Lipinski definition) is 0. The number of hydrogen-bond acceptors (Lipinski definition) is 5. The van der Waals surface area contributed by atoms with Gasteiger partial charge in [0.2, 0.25) is 5.76 Å². The van der Waals surface area contributed by atoms with Gasteiger partial charge in [-0.3, -0.25) is 14.5 Å². The van der Waals surface area contributed by atoms with E-state index in [9.17, 15) is 9.59 Å². The zero-order valence-corrected chi connectivity index (χ0v) is 15.5. The van der Waals surface area contributed by atoms with Crippen molar-refractivity contribution in [1.29, 1.82) is 0 Å². The van der Waals surface area contributed by atoms with Crippen LogP contribution in [0.4, 0.5) is 5.82 Å². The molecule has 0 bridgehead atoms. The number of amides is 1. The van der Waals surface area contributed by atoms with Gasteiger partial charge < -0.3 is 9.15 Å². The van der Waals surface area contributed by atoms with E-state index in [1.54, 1.807) is 55.8 Å². The SMILES string of the molecule is COc1cccc([C@@H]2c3c(oc4ccccc4c3=O)C(=O)N2c2ccccn2)c1. The number of aromatic nitrogens is 1. The van der Waals surface area contributed by atoms with Gasteiger partial charge in [0, 0.05) is 6.20 Å². The Balaban J connectivity index is 1.82. The summed E-state index contributed by atoms with van der Waals surface area (Å²) < 4.78 is 11.3. The number of ether oxygens (including phenoxy) is 1. The molecule has 2 aromatic carbocycles. The maximum absolute atomic E-state index is 13.4. The molecule has 6 heteroatoms. The fourth-order valence-electron chi connectivity index (χ4n) is 3.78. The molecule has 0 saturated carbocycles. The summed E-state index contributed by atoms with van der Waals surface area (Å²) in [4.78, 5) is 32.6. The second kappa shape index (κ2) is 6.60. The van der Waals surface area contributed by atoms with Crippen LogP contribution >= 0.6 is 0 Å². The molecular weight excluding hydrogens is 368 g/mol. The Labute approximate surface area is 166 Å². The molecule has 3 heterocycles. The Morgan fingerprint density at radius 1 is 1.00 bits per heavy atom. The van der Waals surface area contributed by atoms with Crippen molar-refractivity contribution in [1.82, 2.24) is 4.98 Å². The largest absolute Gasteiger partial charge is 0.497 e. The summed E-state index contributed by atoms with van der Waals surface area (Å²) in [6, 6.07) is 18.9. The van der Waals surface area contributed by atoms with E-state index in [1.165, 1.54) is 4.90 Å². The van der Waals surface area contributed by atoms with Gasteiger partial charge in [-0.15, -0.1) is 0 Å². The van der Waals surface area contributed by atoms with Crippen molar-refractivity contribution in [3.8, 4) is 5.75 Å². The summed E-state index contributed by atoms with van der Waals surface area (Å²) >= 11 is 0. The minimum atomic E-state index is -0.664. The molecule has 4 aromatic rings. The third kappa shape index (κ3) is 2.61. The Morgan fingerprint density at radius 2 is 1.83 bits per heavy atom. The Morgan fingerprint density at radius 3 is 2.62 bits per heavy atom. The molecule has 0 N–H and O–H groups in total. The fraction of sp³-hybridized carbons (Fsp3) is 0.0870. The van der Waals surface area contributed by atoms with Crippen LogP contribution in [-0.4, -0.2) is 18.0 Å². The van der Waals surface area contributed by atoms with E-state index < -0.39 is 11.9 Å². The molecular formula is C23H16N2O4. The van der Waals surface area contributed by atoms with Gasteiger partial charge in [0.1, 0.15) is 17.2 Å². The zero-order chi connectivity index (χ0) is 20.0. The normalized spacial score (nSPS) is 15.6. The van der Waals surface area contributed by atoms with Gasteiger partial charge in [0.15, 0.2) is 5.43 Å². The first-order chi connectivity index (χ1) is 14.2. The summed E-state index contributed by atoms with van der Waals surface area (Å²) in [6.45, 7) is 0. The molecule has 6 nitrogen and oxygen atoms in total. The first kappa shape index (κ1) is 17.2. The minimum Gasteiger partial charge on any atom is -0.497 e. The first-order valence-electron chi connectivity index (χ1n) is 9.13. The summed E-state index contributed by atoms with van der Waals surface area (Å²) in [6.07, 6.45) is 1.61. The fourth-order valence-corrected chi connectivity index (χ4v) is 3.78. The summed E-state index contributed by atoms with van der Waals surface area (Å²) in [7, 11) is 1.57. The van der Waals surface area contributed by atoms with Crippen molar-refractivity contribution in [2.75, 3.05) is 12.0 Å². The lowest BCUT2D eigenvalue weighted by atomic mass is 9.98. The third-order valence-electron chi connectivity index (χ3n) is 5.08. The molecule has 1 amide bonds. The lowest BCUT2D eigenvalue weighted by Crippen LogP contribution is -2.30. The summed E-state index contributed by atoms with van der Waals surface area (Å²) in [5.41, 5.74) is 1.22. The number of carbonyl (C=O) groups is 1. The van der Waals surface area contributed by atoms with Crippen LogP contribution in [0.2, 0.25) is 0 Å². The molecule has 1 aliphatic rings. The number of methoxy groups -OCH3 is 1. The molecule has 142 valence electrons. The van der Waals surface area contributed by atoms with Crippen LogP contribution in [0.25, 0.3) is 11.0 Å². The minimum absolute atomic E-state index is 0.0483. The Hall–Kier alpha value is -3.93. The van der Waals surface area contributed by atoms with Gasteiger partial charge >= 0.3 is 0 Å². The molecule has 0 fully saturated rings. The van der Waals surface area contributed by atoms with Crippen LogP contribution in [0.3, 0.4) is 0 Å². The number of carbonyl (C=O) groups excluding carboxylic acids is 1. The number of rotatable bonds is 3. The van der Waals surface area contributed by atoms with Crippen molar-refractivity contribution in [3.05, 3.63) is 100 Å². The predicted octanol–water partition coefficient (Wildman–Crippen LogP) is 3.95. The second-order valence-electron chi connectivity index (χ2n) is 6.71. The van der Waals surface area contributed by atoms with Crippen LogP contribution < -0.4 is 15.1 Å². The number of nitrogens with zero attached hydrogens (tertiary/aromatic N) is 2. The van der Waals surface area contributed by atoms with Gasteiger partial charge in [-0.05, 0) is 42.0 Å². The summed E-state index contributed by atoms with van der Waals surface area (Å²) in [5, 5.41) is 0.440. The lowest BCUT2D eigenvalue weighted by Gasteiger charge is -2.24. The Kier molecular flexibility index (Phi) is 3.91. The van der Waals surface area contributed by atoms with Crippen molar-refractivity contribution < 1.29 is 13.9 Å². The molecule has 0 aliphatic carbocycles. The van der Waals surface area contributed by atoms with Gasteiger partial charge in [-0.1, -0.05) is 30.3 Å². The van der Waals surface area contributed by atoms with Crippen LogP contribution in [0.5, 0.6) is 5.75 Å². The highest BCUT2D eigenvalue weighted by molar-refractivity contribution is 6.10. The number of para-hydroxylation sites is 1. The van der Waals surface area contributed by atoms with Crippen molar-refractivity contribution in [2.24, 2.45) is 0 Å². The van der Waals surface area contributed by atoms with Crippen LogP contribution in [-0.2, 0) is 0 Å². The van der Waals surface area contributed by atoms with E-state index in [0.717, 1.165) is 5.56 Å². The number of benzene rings is 2.